The smallest absolute Gasteiger partial charge is 0.306 e. The van der Waals surface area contributed by atoms with Gasteiger partial charge < -0.3 is 14.2 Å². The van der Waals surface area contributed by atoms with Gasteiger partial charge in [-0.2, -0.15) is 0 Å². The van der Waals surface area contributed by atoms with E-state index in [1.807, 2.05) is 0 Å². The molecule has 0 amide bonds. The normalized spacial score (nSPS) is 12.9. The van der Waals surface area contributed by atoms with E-state index in [1.54, 1.807) is 0 Å². The van der Waals surface area contributed by atoms with Gasteiger partial charge in [0.2, 0.25) is 0 Å². The van der Waals surface area contributed by atoms with Crippen molar-refractivity contribution in [1.29, 1.82) is 0 Å². The van der Waals surface area contributed by atoms with Crippen LogP contribution in [0.1, 0.15) is 303 Å². The Morgan fingerprint density at radius 1 is 0.266 bits per heavy atom. The van der Waals surface area contributed by atoms with Crippen LogP contribution in [0.5, 0.6) is 0 Å². The van der Waals surface area contributed by atoms with Crippen molar-refractivity contribution in [3.05, 3.63) is 122 Å². The van der Waals surface area contributed by atoms with Crippen molar-refractivity contribution in [2.24, 2.45) is 0 Å². The van der Waals surface area contributed by atoms with E-state index in [2.05, 4.69) is 142 Å². The topological polar surface area (TPSA) is 78.9 Å². The number of unbranched alkanes of at least 4 members (excludes halogenated alkanes) is 28. The van der Waals surface area contributed by atoms with Crippen LogP contribution in [-0.4, -0.2) is 37.2 Å². The number of allylic oxidation sites excluding steroid dienone is 20. The van der Waals surface area contributed by atoms with Crippen molar-refractivity contribution >= 4 is 17.9 Å². The summed E-state index contributed by atoms with van der Waals surface area (Å²) in [5.41, 5.74) is 0. The first-order valence-corrected chi connectivity index (χ1v) is 33.0. The maximum absolute atomic E-state index is 12.9. The van der Waals surface area contributed by atoms with Gasteiger partial charge in [-0.25, -0.2) is 0 Å². The summed E-state index contributed by atoms with van der Waals surface area (Å²) in [6, 6.07) is 0. The predicted octanol–water partition coefficient (Wildman–Crippen LogP) is 22.8. The molecule has 0 N–H and O–H groups in total. The van der Waals surface area contributed by atoms with Crippen molar-refractivity contribution in [3.63, 3.8) is 0 Å². The van der Waals surface area contributed by atoms with Crippen LogP contribution in [0.3, 0.4) is 0 Å². The van der Waals surface area contributed by atoms with E-state index in [9.17, 15) is 14.4 Å². The second-order valence-electron chi connectivity index (χ2n) is 21.6. The summed E-state index contributed by atoms with van der Waals surface area (Å²) < 4.78 is 16.9. The van der Waals surface area contributed by atoms with Gasteiger partial charge in [0.25, 0.3) is 0 Å². The maximum Gasteiger partial charge on any atom is 0.306 e. The Kier molecular flexibility index (Phi) is 62.8. The van der Waals surface area contributed by atoms with Gasteiger partial charge in [-0.3, -0.25) is 14.4 Å². The van der Waals surface area contributed by atoms with Crippen LogP contribution in [0.2, 0.25) is 0 Å². The first-order chi connectivity index (χ1) is 39.0. The van der Waals surface area contributed by atoms with Crippen LogP contribution < -0.4 is 0 Å². The number of rotatable bonds is 59. The fraction of sp³-hybridized carbons (Fsp3) is 0.685. The lowest BCUT2D eigenvalue weighted by Crippen LogP contribution is -2.30. The van der Waals surface area contributed by atoms with Gasteiger partial charge in [0.05, 0.1) is 0 Å². The second-order valence-corrected chi connectivity index (χ2v) is 21.6. The van der Waals surface area contributed by atoms with E-state index in [4.69, 9.17) is 14.2 Å². The molecule has 0 fully saturated rings. The second kappa shape index (κ2) is 66.3. The Bertz CT molecular complexity index is 1640. The van der Waals surface area contributed by atoms with Gasteiger partial charge in [-0.05, 0) is 128 Å². The van der Waals surface area contributed by atoms with E-state index >= 15 is 0 Å². The molecule has 1 unspecified atom stereocenters. The molecule has 0 aliphatic rings. The largest absolute Gasteiger partial charge is 0.462 e. The highest BCUT2D eigenvalue weighted by Crippen LogP contribution is 2.16. The number of hydrogen-bond donors (Lipinski definition) is 0. The predicted molar refractivity (Wildman–Crippen MR) is 343 cm³/mol. The molecule has 0 heterocycles. The summed E-state index contributed by atoms with van der Waals surface area (Å²) in [7, 11) is 0. The molecule has 0 spiro atoms. The SMILES string of the molecule is CC/C=C\C/C=C\C/C=C\C/C=C\CCCCCCCCCCCCC(=O)OCC(COC(=O)CCCCCCC/C=C\C/C=C\C/C=C\CC)OC(=O)CCCCCCCCCC/C=C\C/C=C\C/C=C\CCCCCCC. The molecule has 0 aromatic heterocycles. The third-order valence-electron chi connectivity index (χ3n) is 13.9. The molecule has 6 heteroatoms. The summed E-state index contributed by atoms with van der Waals surface area (Å²) in [5.74, 6) is -0.913. The van der Waals surface area contributed by atoms with E-state index in [0.29, 0.717) is 19.3 Å². The number of carbonyl (C=O) groups is 3. The molecule has 0 bridgehead atoms. The molecule has 0 aromatic carbocycles. The molecular formula is C73H122O6. The van der Waals surface area contributed by atoms with Crippen molar-refractivity contribution in [2.75, 3.05) is 13.2 Å². The standard InChI is InChI=1S/C73H122O6/c1-4-7-10-13-16-19-22-25-28-30-32-34-36-38-40-42-45-48-51-54-57-60-63-66-72(75)78-69-70(68-77-71(74)65-62-59-56-53-50-47-44-27-24-21-18-15-12-9-6-3)79-73(76)67-64-61-58-55-52-49-46-43-41-39-37-35-33-31-29-26-23-20-17-14-11-8-5-2/h7,9-10,12,16,18-19,21,23,25-28,31-34,37,39,44,70H,4-6,8,11,13-15,17,20,22,24,29-30,35-36,38,40-43,45-69H2,1-3H3/b10-7-,12-9-,19-16-,21-18-,26-23-,28-25-,33-31-,34-32-,39-37-,44-27-. The average Bonchev–Trinajstić information content (AvgIpc) is 3.45. The van der Waals surface area contributed by atoms with Crippen LogP contribution >= 0.6 is 0 Å². The lowest BCUT2D eigenvalue weighted by atomic mass is 10.1. The minimum absolute atomic E-state index is 0.0909. The summed E-state index contributed by atoms with van der Waals surface area (Å²) >= 11 is 0. The first kappa shape index (κ1) is 74.8. The van der Waals surface area contributed by atoms with Crippen LogP contribution in [0.25, 0.3) is 0 Å². The van der Waals surface area contributed by atoms with E-state index in [0.717, 1.165) is 141 Å². The minimum atomic E-state index is -0.796. The highest BCUT2D eigenvalue weighted by atomic mass is 16.6. The Morgan fingerprint density at radius 2 is 0.494 bits per heavy atom. The average molecular weight is 1100 g/mol. The fourth-order valence-electron chi connectivity index (χ4n) is 9.04. The van der Waals surface area contributed by atoms with E-state index in [1.165, 1.54) is 122 Å². The van der Waals surface area contributed by atoms with Crippen LogP contribution in [0, 0.1) is 0 Å². The third-order valence-corrected chi connectivity index (χ3v) is 13.9. The van der Waals surface area contributed by atoms with Gasteiger partial charge in [0.15, 0.2) is 6.10 Å². The maximum atomic E-state index is 12.9. The lowest BCUT2D eigenvalue weighted by molar-refractivity contribution is -0.167. The highest BCUT2D eigenvalue weighted by Gasteiger charge is 2.19. The molecule has 0 saturated carbocycles. The Balaban J connectivity index is 4.40. The van der Waals surface area contributed by atoms with Crippen molar-refractivity contribution in [1.82, 2.24) is 0 Å². The Labute approximate surface area is 488 Å². The summed E-state index contributed by atoms with van der Waals surface area (Å²) in [6.45, 7) is 6.40. The van der Waals surface area contributed by atoms with Crippen LogP contribution in [-0.2, 0) is 28.6 Å². The molecule has 0 aliphatic heterocycles. The van der Waals surface area contributed by atoms with Gasteiger partial charge in [-0.1, -0.05) is 277 Å². The van der Waals surface area contributed by atoms with Crippen molar-refractivity contribution in [2.45, 2.75) is 309 Å². The molecule has 0 saturated heterocycles. The number of carbonyl (C=O) groups excluding carboxylic acids is 3. The number of esters is 3. The van der Waals surface area contributed by atoms with Crippen LogP contribution in [0.4, 0.5) is 0 Å². The number of hydrogen-bond acceptors (Lipinski definition) is 6. The van der Waals surface area contributed by atoms with Gasteiger partial charge >= 0.3 is 17.9 Å². The molecular weight excluding hydrogens is 973 g/mol. The number of ether oxygens (including phenoxy) is 3. The molecule has 450 valence electrons. The summed E-state index contributed by atoms with van der Waals surface area (Å²) in [6.07, 6.45) is 92.0. The third kappa shape index (κ3) is 64.5. The molecule has 0 radical (unpaired) electrons. The van der Waals surface area contributed by atoms with Gasteiger partial charge in [0.1, 0.15) is 13.2 Å². The zero-order valence-electron chi connectivity index (χ0n) is 51.6. The minimum Gasteiger partial charge on any atom is -0.462 e. The highest BCUT2D eigenvalue weighted by molar-refractivity contribution is 5.71. The van der Waals surface area contributed by atoms with Crippen molar-refractivity contribution in [3.8, 4) is 0 Å². The lowest BCUT2D eigenvalue weighted by Gasteiger charge is -2.18. The fourth-order valence-corrected chi connectivity index (χ4v) is 9.04. The summed E-state index contributed by atoms with van der Waals surface area (Å²) in [5, 5.41) is 0. The molecule has 79 heavy (non-hydrogen) atoms. The molecule has 0 aromatic rings. The van der Waals surface area contributed by atoms with E-state index in [-0.39, 0.29) is 31.1 Å². The zero-order valence-corrected chi connectivity index (χ0v) is 51.6. The van der Waals surface area contributed by atoms with Crippen LogP contribution in [0.15, 0.2) is 122 Å². The Morgan fingerprint density at radius 3 is 0.772 bits per heavy atom. The monoisotopic (exact) mass is 1090 g/mol. The summed E-state index contributed by atoms with van der Waals surface area (Å²) in [4.78, 5) is 38.4. The molecule has 0 rings (SSSR count). The molecule has 1 atom stereocenters. The molecule has 0 aliphatic carbocycles. The quantitative estimate of drug-likeness (QED) is 0.0261. The first-order valence-electron chi connectivity index (χ1n) is 33.0. The Hall–Kier alpha value is -4.19. The molecule has 6 nitrogen and oxygen atoms in total. The van der Waals surface area contributed by atoms with Gasteiger partial charge in [-0.15, -0.1) is 0 Å². The van der Waals surface area contributed by atoms with Crippen molar-refractivity contribution < 1.29 is 28.6 Å². The van der Waals surface area contributed by atoms with Gasteiger partial charge in [0, 0.05) is 19.3 Å². The zero-order chi connectivity index (χ0) is 57.1. The van der Waals surface area contributed by atoms with E-state index < -0.39 is 6.10 Å².